The van der Waals surface area contributed by atoms with E-state index in [-0.39, 0.29) is 29.9 Å². The highest BCUT2D eigenvalue weighted by Crippen LogP contribution is 2.36. The highest BCUT2D eigenvalue weighted by Gasteiger charge is 2.37. The number of benzene rings is 1. The number of carbonyl (C=O) groups excluding carboxylic acids is 1. The standard InChI is InChI=1S/C24H34N4O3/c1-15(2)22-25-23(31-26-22)20-12-19(18-6-5-16(3)17(4)11-18)13-28(14-20)24(30)27-9-7-21(29)8-10-27/h5-6,11,15,19-21,29H,7-10,12-14H2,1-4H3. The normalized spacial score (nSPS) is 22.9. The molecule has 3 heterocycles. The summed E-state index contributed by atoms with van der Waals surface area (Å²) in [6, 6.07) is 6.64. The summed E-state index contributed by atoms with van der Waals surface area (Å²) in [4.78, 5) is 21.8. The zero-order valence-corrected chi connectivity index (χ0v) is 19.0. The molecular formula is C24H34N4O3. The minimum atomic E-state index is -0.297. The third-order valence-electron chi connectivity index (χ3n) is 6.78. The van der Waals surface area contributed by atoms with Crippen molar-refractivity contribution in [3.63, 3.8) is 0 Å². The molecule has 2 fully saturated rings. The number of amides is 2. The number of piperidine rings is 2. The van der Waals surface area contributed by atoms with Gasteiger partial charge in [0.15, 0.2) is 5.82 Å². The molecule has 2 aliphatic heterocycles. The number of aryl methyl sites for hydroxylation is 2. The number of aliphatic hydroxyl groups is 1. The molecule has 2 amide bonds. The van der Waals surface area contributed by atoms with Gasteiger partial charge in [-0.1, -0.05) is 37.2 Å². The van der Waals surface area contributed by atoms with Gasteiger partial charge in [-0.25, -0.2) is 4.79 Å². The molecule has 0 spiro atoms. The van der Waals surface area contributed by atoms with Crippen molar-refractivity contribution in [1.29, 1.82) is 0 Å². The van der Waals surface area contributed by atoms with Crippen LogP contribution < -0.4 is 0 Å². The summed E-state index contributed by atoms with van der Waals surface area (Å²) in [5.41, 5.74) is 3.79. The number of nitrogens with zero attached hydrogens (tertiary/aromatic N) is 4. The van der Waals surface area contributed by atoms with E-state index in [2.05, 4.69) is 42.2 Å². The van der Waals surface area contributed by atoms with Crippen LogP contribution in [0, 0.1) is 13.8 Å². The van der Waals surface area contributed by atoms with Crippen LogP contribution in [-0.2, 0) is 0 Å². The fourth-order valence-corrected chi connectivity index (χ4v) is 4.60. The molecule has 2 aliphatic rings. The molecule has 1 aromatic heterocycles. The SMILES string of the molecule is Cc1ccc(C2CC(c3nc(C(C)C)no3)CN(C(=O)N3CCC(O)CC3)C2)cc1C. The summed E-state index contributed by atoms with van der Waals surface area (Å²) in [6.45, 7) is 10.8. The zero-order valence-electron chi connectivity index (χ0n) is 19.0. The number of rotatable bonds is 3. The molecule has 0 saturated carbocycles. The van der Waals surface area contributed by atoms with Crippen molar-refractivity contribution in [3.05, 3.63) is 46.6 Å². The summed E-state index contributed by atoms with van der Waals surface area (Å²) >= 11 is 0. The third kappa shape index (κ3) is 4.76. The number of likely N-dealkylation sites (tertiary alicyclic amines) is 2. The first-order valence-corrected chi connectivity index (χ1v) is 11.4. The molecule has 0 radical (unpaired) electrons. The average Bonchev–Trinajstić information content (AvgIpc) is 3.26. The van der Waals surface area contributed by atoms with Crippen LogP contribution in [0.1, 0.15) is 79.3 Å². The van der Waals surface area contributed by atoms with Crippen molar-refractivity contribution in [3.8, 4) is 0 Å². The molecule has 0 aliphatic carbocycles. The Morgan fingerprint density at radius 1 is 1.10 bits per heavy atom. The van der Waals surface area contributed by atoms with E-state index in [1.54, 1.807) is 0 Å². The highest BCUT2D eigenvalue weighted by atomic mass is 16.5. The van der Waals surface area contributed by atoms with Crippen LogP contribution in [0.5, 0.6) is 0 Å². The van der Waals surface area contributed by atoms with Crippen LogP contribution in [0.15, 0.2) is 22.7 Å². The molecule has 1 N–H and O–H groups in total. The van der Waals surface area contributed by atoms with E-state index in [1.165, 1.54) is 16.7 Å². The molecule has 31 heavy (non-hydrogen) atoms. The molecule has 2 aromatic rings. The summed E-state index contributed by atoms with van der Waals surface area (Å²) in [7, 11) is 0. The minimum Gasteiger partial charge on any atom is -0.393 e. The Kier molecular flexibility index (Phi) is 6.32. The van der Waals surface area contributed by atoms with Gasteiger partial charge in [-0.3, -0.25) is 0 Å². The molecule has 2 atom stereocenters. The largest absolute Gasteiger partial charge is 0.393 e. The quantitative estimate of drug-likeness (QED) is 0.803. The van der Waals surface area contributed by atoms with E-state index < -0.39 is 0 Å². The lowest BCUT2D eigenvalue weighted by atomic mass is 9.83. The van der Waals surface area contributed by atoms with Gasteiger partial charge in [0.05, 0.1) is 12.0 Å². The van der Waals surface area contributed by atoms with E-state index in [1.807, 2.05) is 23.6 Å². The van der Waals surface area contributed by atoms with Crippen molar-refractivity contribution in [1.82, 2.24) is 19.9 Å². The maximum absolute atomic E-state index is 13.4. The van der Waals surface area contributed by atoms with Gasteiger partial charge >= 0.3 is 6.03 Å². The first kappa shape index (κ1) is 21.8. The van der Waals surface area contributed by atoms with Crippen molar-refractivity contribution >= 4 is 6.03 Å². The second-order valence-corrected chi connectivity index (χ2v) is 9.52. The molecule has 4 rings (SSSR count). The molecule has 168 valence electrons. The van der Waals surface area contributed by atoms with Crippen LogP contribution in [0.4, 0.5) is 4.79 Å². The molecule has 0 bridgehead atoms. The van der Waals surface area contributed by atoms with Crippen molar-refractivity contribution in [2.24, 2.45) is 0 Å². The van der Waals surface area contributed by atoms with E-state index in [0.717, 1.165) is 6.42 Å². The van der Waals surface area contributed by atoms with E-state index in [9.17, 15) is 9.90 Å². The smallest absolute Gasteiger partial charge is 0.320 e. The molecule has 7 nitrogen and oxygen atoms in total. The Balaban J connectivity index is 1.59. The van der Waals surface area contributed by atoms with Gasteiger partial charge in [0.25, 0.3) is 0 Å². The topological polar surface area (TPSA) is 82.7 Å². The molecule has 2 unspecified atom stereocenters. The third-order valence-corrected chi connectivity index (χ3v) is 6.78. The Morgan fingerprint density at radius 2 is 1.81 bits per heavy atom. The Bertz CT molecular complexity index is 917. The van der Waals surface area contributed by atoms with Crippen LogP contribution in [0.25, 0.3) is 0 Å². The van der Waals surface area contributed by atoms with Gasteiger partial charge < -0.3 is 19.4 Å². The van der Waals surface area contributed by atoms with E-state index in [0.29, 0.717) is 50.7 Å². The van der Waals surface area contributed by atoms with Crippen molar-refractivity contribution < 1.29 is 14.4 Å². The van der Waals surface area contributed by atoms with Gasteiger partial charge in [-0.2, -0.15) is 4.98 Å². The maximum Gasteiger partial charge on any atom is 0.320 e. The van der Waals surface area contributed by atoms with Gasteiger partial charge in [0.1, 0.15) is 0 Å². The second-order valence-electron chi connectivity index (χ2n) is 9.52. The van der Waals surface area contributed by atoms with Crippen LogP contribution in [0.2, 0.25) is 0 Å². The fourth-order valence-electron chi connectivity index (χ4n) is 4.60. The first-order chi connectivity index (χ1) is 14.8. The monoisotopic (exact) mass is 426 g/mol. The molecule has 7 heteroatoms. The summed E-state index contributed by atoms with van der Waals surface area (Å²) in [5, 5.41) is 14.0. The Hall–Kier alpha value is -2.41. The van der Waals surface area contributed by atoms with Gasteiger partial charge in [-0.05, 0) is 49.8 Å². The van der Waals surface area contributed by atoms with Crippen LogP contribution in [-0.4, -0.2) is 63.4 Å². The number of carbonyl (C=O) groups is 1. The number of aromatic nitrogens is 2. The lowest BCUT2D eigenvalue weighted by Crippen LogP contribution is -2.51. The number of aliphatic hydroxyl groups excluding tert-OH is 1. The summed E-state index contributed by atoms with van der Waals surface area (Å²) in [5.74, 6) is 1.77. The molecule has 2 saturated heterocycles. The van der Waals surface area contributed by atoms with Gasteiger partial charge in [0.2, 0.25) is 5.89 Å². The maximum atomic E-state index is 13.4. The lowest BCUT2D eigenvalue weighted by Gasteiger charge is -2.40. The predicted octanol–water partition coefficient (Wildman–Crippen LogP) is 3.96. The van der Waals surface area contributed by atoms with Crippen LogP contribution >= 0.6 is 0 Å². The van der Waals surface area contributed by atoms with Gasteiger partial charge in [0, 0.05) is 38.0 Å². The number of urea groups is 1. The molecule has 1 aromatic carbocycles. The zero-order chi connectivity index (χ0) is 22.1. The van der Waals surface area contributed by atoms with E-state index >= 15 is 0 Å². The second kappa shape index (κ2) is 8.99. The predicted molar refractivity (Wildman–Crippen MR) is 118 cm³/mol. The number of hydrogen-bond acceptors (Lipinski definition) is 5. The van der Waals surface area contributed by atoms with E-state index in [4.69, 9.17) is 4.52 Å². The van der Waals surface area contributed by atoms with Crippen molar-refractivity contribution in [2.45, 2.75) is 70.8 Å². The molecular weight excluding hydrogens is 392 g/mol. The van der Waals surface area contributed by atoms with Crippen LogP contribution in [0.3, 0.4) is 0 Å². The minimum absolute atomic E-state index is 0.0136. The van der Waals surface area contributed by atoms with Gasteiger partial charge in [-0.15, -0.1) is 0 Å². The van der Waals surface area contributed by atoms with Crippen molar-refractivity contribution in [2.75, 3.05) is 26.2 Å². The lowest BCUT2D eigenvalue weighted by molar-refractivity contribution is 0.0744. The Labute approximate surface area is 184 Å². The average molecular weight is 427 g/mol. The first-order valence-electron chi connectivity index (χ1n) is 11.4. The summed E-state index contributed by atoms with van der Waals surface area (Å²) in [6.07, 6.45) is 1.87. The Morgan fingerprint density at radius 3 is 2.45 bits per heavy atom. The fraction of sp³-hybridized carbons (Fsp3) is 0.625. The highest BCUT2D eigenvalue weighted by molar-refractivity contribution is 5.75. The summed E-state index contributed by atoms with van der Waals surface area (Å²) < 4.78 is 5.63. The number of hydrogen-bond donors (Lipinski definition) is 1.